The molecule has 0 radical (unpaired) electrons. The van der Waals surface area contributed by atoms with Crippen LogP contribution in [0.4, 0.5) is 0 Å². The minimum Gasteiger partial charge on any atom is -0.480 e. The molecule has 1 heterocycles. The predicted molar refractivity (Wildman–Crippen MR) is 77.8 cm³/mol. The third kappa shape index (κ3) is 2.19. The molecule has 1 aliphatic rings. The number of benzene rings is 2. The van der Waals surface area contributed by atoms with E-state index in [1.165, 1.54) is 5.56 Å². The van der Waals surface area contributed by atoms with Crippen LogP contribution in [0.25, 0.3) is 0 Å². The van der Waals surface area contributed by atoms with Gasteiger partial charge < -0.3 is 4.74 Å². The molecular formula is C16H16O2S. The molecule has 2 atom stereocenters. The zero-order chi connectivity index (χ0) is 13.4. The molecule has 2 aromatic carbocycles. The fourth-order valence-corrected chi connectivity index (χ4v) is 3.95. The third-order valence-electron chi connectivity index (χ3n) is 3.41. The second-order valence-electron chi connectivity index (χ2n) is 4.93. The molecule has 0 aromatic heterocycles. The van der Waals surface area contributed by atoms with E-state index in [0.717, 1.165) is 22.4 Å². The molecule has 0 saturated heterocycles. The van der Waals surface area contributed by atoms with Crippen molar-refractivity contribution in [2.24, 2.45) is 0 Å². The molecule has 19 heavy (non-hydrogen) atoms. The van der Waals surface area contributed by atoms with E-state index in [2.05, 4.69) is 19.1 Å². The van der Waals surface area contributed by atoms with E-state index >= 15 is 0 Å². The van der Waals surface area contributed by atoms with Gasteiger partial charge in [-0.25, -0.2) is 0 Å². The van der Waals surface area contributed by atoms with E-state index in [0.29, 0.717) is 0 Å². The number of hydrogen-bond donors (Lipinski definition) is 0. The predicted octanol–water partition coefficient (Wildman–Crippen LogP) is 3.49. The summed E-state index contributed by atoms with van der Waals surface area (Å²) < 4.78 is 18.0. The summed E-state index contributed by atoms with van der Waals surface area (Å²) in [6, 6.07) is 14.2. The zero-order valence-electron chi connectivity index (χ0n) is 11.1. The lowest BCUT2D eigenvalue weighted by Crippen LogP contribution is -2.22. The van der Waals surface area contributed by atoms with Crippen molar-refractivity contribution < 1.29 is 8.95 Å². The highest BCUT2D eigenvalue weighted by Crippen LogP contribution is 2.40. The Labute approximate surface area is 115 Å². The first kappa shape index (κ1) is 12.4. The molecule has 2 unspecified atom stereocenters. The Balaban J connectivity index is 2.19. The van der Waals surface area contributed by atoms with Crippen LogP contribution in [0.1, 0.15) is 27.5 Å². The highest BCUT2D eigenvalue weighted by molar-refractivity contribution is 7.85. The van der Waals surface area contributed by atoms with E-state index in [1.807, 2.05) is 37.3 Å². The molecule has 98 valence electrons. The molecule has 3 rings (SSSR count). The van der Waals surface area contributed by atoms with Crippen molar-refractivity contribution in [1.29, 1.82) is 0 Å². The van der Waals surface area contributed by atoms with Gasteiger partial charge in [0, 0.05) is 5.56 Å². The quantitative estimate of drug-likeness (QED) is 0.794. The van der Waals surface area contributed by atoms with E-state index in [9.17, 15) is 4.21 Å². The van der Waals surface area contributed by atoms with Gasteiger partial charge in [-0.3, -0.25) is 4.21 Å². The summed E-state index contributed by atoms with van der Waals surface area (Å²) >= 11 is 0. The smallest absolute Gasteiger partial charge is 0.164 e. The lowest BCUT2D eigenvalue weighted by Gasteiger charge is -2.27. The molecule has 0 aliphatic carbocycles. The number of fused-ring (bicyclic) bond motifs is 1. The van der Waals surface area contributed by atoms with Gasteiger partial charge in [0.05, 0.1) is 16.0 Å². The largest absolute Gasteiger partial charge is 0.480 e. The van der Waals surface area contributed by atoms with Crippen LogP contribution in [0.3, 0.4) is 0 Å². The molecule has 0 bridgehead atoms. The average molecular weight is 272 g/mol. The number of ether oxygens (including phenoxy) is 1. The van der Waals surface area contributed by atoms with Crippen molar-refractivity contribution in [2.45, 2.75) is 19.1 Å². The maximum atomic E-state index is 12.4. The highest BCUT2D eigenvalue weighted by atomic mass is 32.2. The van der Waals surface area contributed by atoms with Crippen LogP contribution in [0, 0.1) is 13.8 Å². The van der Waals surface area contributed by atoms with E-state index in [4.69, 9.17) is 4.74 Å². The Bertz CT molecular complexity index is 635. The Hall–Kier alpha value is -1.61. The number of aryl methyl sites for hydroxylation is 2. The molecule has 2 nitrogen and oxygen atoms in total. The van der Waals surface area contributed by atoms with Crippen LogP contribution in [0.5, 0.6) is 5.75 Å². The van der Waals surface area contributed by atoms with Crippen LogP contribution in [0.15, 0.2) is 42.5 Å². The summed E-state index contributed by atoms with van der Waals surface area (Å²) in [6.07, 6.45) is 0. The SMILES string of the molecule is Cc1cc(C)c2c(c1)C(c1ccccc1)S(=O)CO2. The Morgan fingerprint density at radius 2 is 1.89 bits per heavy atom. The summed E-state index contributed by atoms with van der Waals surface area (Å²) in [4.78, 5) is 0. The zero-order valence-corrected chi connectivity index (χ0v) is 11.9. The molecule has 1 aliphatic heterocycles. The summed E-state index contributed by atoms with van der Waals surface area (Å²) in [6.45, 7) is 4.11. The van der Waals surface area contributed by atoms with Gasteiger partial charge in [-0.15, -0.1) is 0 Å². The third-order valence-corrected chi connectivity index (χ3v) is 4.82. The van der Waals surface area contributed by atoms with E-state index < -0.39 is 10.8 Å². The number of hydrogen-bond acceptors (Lipinski definition) is 2. The summed E-state index contributed by atoms with van der Waals surface area (Å²) in [7, 11) is -1.03. The fourth-order valence-electron chi connectivity index (χ4n) is 2.66. The van der Waals surface area contributed by atoms with Crippen molar-refractivity contribution >= 4 is 10.8 Å². The van der Waals surface area contributed by atoms with Gasteiger partial charge in [-0.1, -0.05) is 48.0 Å². The standard InChI is InChI=1S/C16H16O2S/c1-11-8-12(2)15-14(9-11)16(19(17)10-18-15)13-6-4-3-5-7-13/h3-9,16H,10H2,1-2H3. The molecule has 0 fully saturated rings. The lowest BCUT2D eigenvalue weighted by atomic mass is 9.98. The minimum atomic E-state index is -1.03. The van der Waals surface area contributed by atoms with Gasteiger partial charge in [0.15, 0.2) is 5.94 Å². The monoisotopic (exact) mass is 272 g/mol. The molecule has 3 heteroatoms. The fraction of sp³-hybridized carbons (Fsp3) is 0.250. The van der Waals surface area contributed by atoms with Crippen molar-refractivity contribution in [1.82, 2.24) is 0 Å². The molecule has 0 saturated carbocycles. The Kier molecular flexibility index (Phi) is 3.15. The van der Waals surface area contributed by atoms with Crippen LogP contribution in [-0.2, 0) is 10.8 Å². The van der Waals surface area contributed by atoms with Gasteiger partial charge in [-0.2, -0.15) is 0 Å². The van der Waals surface area contributed by atoms with Crippen LogP contribution in [0.2, 0.25) is 0 Å². The summed E-state index contributed by atoms with van der Waals surface area (Å²) in [5, 5.41) is -0.0800. The molecule has 0 N–H and O–H groups in total. The first-order chi connectivity index (χ1) is 9.16. The van der Waals surface area contributed by atoms with Gasteiger partial charge in [0.25, 0.3) is 0 Å². The molecule has 0 spiro atoms. The molecule has 0 amide bonds. The average Bonchev–Trinajstić information content (AvgIpc) is 2.39. The van der Waals surface area contributed by atoms with Crippen LogP contribution in [-0.4, -0.2) is 10.1 Å². The van der Waals surface area contributed by atoms with Gasteiger partial charge in [0.2, 0.25) is 0 Å². The first-order valence-corrected chi connectivity index (χ1v) is 7.71. The second kappa shape index (κ2) is 4.82. The van der Waals surface area contributed by atoms with Crippen LogP contribution < -0.4 is 4.74 Å². The van der Waals surface area contributed by atoms with Crippen LogP contribution >= 0.6 is 0 Å². The van der Waals surface area contributed by atoms with Gasteiger partial charge in [-0.05, 0) is 25.0 Å². The molecule has 2 aromatic rings. The van der Waals surface area contributed by atoms with Crippen molar-refractivity contribution in [2.75, 3.05) is 5.94 Å². The maximum absolute atomic E-state index is 12.4. The van der Waals surface area contributed by atoms with Gasteiger partial charge in [0.1, 0.15) is 5.75 Å². The number of rotatable bonds is 1. The van der Waals surface area contributed by atoms with Crippen molar-refractivity contribution in [3.05, 3.63) is 64.7 Å². The topological polar surface area (TPSA) is 26.3 Å². The normalized spacial score (nSPS) is 21.6. The maximum Gasteiger partial charge on any atom is 0.164 e. The van der Waals surface area contributed by atoms with E-state index in [1.54, 1.807) is 0 Å². The first-order valence-electron chi connectivity index (χ1n) is 6.33. The minimum absolute atomic E-state index is 0.0800. The molecular weight excluding hydrogens is 256 g/mol. The van der Waals surface area contributed by atoms with E-state index in [-0.39, 0.29) is 11.2 Å². The Morgan fingerprint density at radius 1 is 1.16 bits per heavy atom. The Morgan fingerprint density at radius 3 is 2.63 bits per heavy atom. The summed E-state index contributed by atoms with van der Waals surface area (Å²) in [5.74, 6) is 1.18. The van der Waals surface area contributed by atoms with Crippen molar-refractivity contribution in [3.63, 3.8) is 0 Å². The van der Waals surface area contributed by atoms with Crippen molar-refractivity contribution in [3.8, 4) is 5.75 Å². The second-order valence-corrected chi connectivity index (χ2v) is 6.40. The highest BCUT2D eigenvalue weighted by Gasteiger charge is 2.30. The summed E-state index contributed by atoms with van der Waals surface area (Å²) in [5.41, 5.74) is 4.44. The van der Waals surface area contributed by atoms with Gasteiger partial charge >= 0.3 is 0 Å². The lowest BCUT2D eigenvalue weighted by molar-refractivity contribution is 0.370.